The van der Waals surface area contributed by atoms with Gasteiger partial charge in [0.2, 0.25) is 5.91 Å². The Hall–Kier alpha value is -2.71. The molecular formula is C22H25N3O4S. The van der Waals surface area contributed by atoms with E-state index in [-0.39, 0.29) is 37.4 Å². The fraction of sp³-hybridized carbons (Fsp3) is 0.409. The number of fused-ring (bicyclic) bond motifs is 3. The van der Waals surface area contributed by atoms with Crippen LogP contribution in [0.25, 0.3) is 0 Å². The largest absolute Gasteiger partial charge is 0.395 e. The molecule has 0 aliphatic carbocycles. The maximum atomic E-state index is 13.2. The molecule has 0 unspecified atom stereocenters. The molecule has 3 amide bonds. The molecule has 0 saturated heterocycles. The topological polar surface area (TPSA) is 81.2 Å². The Balaban J connectivity index is 1.70. The number of aliphatic hydroxyl groups excluding tert-OH is 1. The van der Waals surface area contributed by atoms with Gasteiger partial charge in [-0.2, -0.15) is 0 Å². The average Bonchev–Trinajstić information content (AvgIpc) is 3.10. The lowest BCUT2D eigenvalue weighted by Crippen LogP contribution is -2.39. The Morgan fingerprint density at radius 3 is 2.70 bits per heavy atom. The number of benzene rings is 1. The zero-order valence-corrected chi connectivity index (χ0v) is 18.0. The molecule has 0 fully saturated rings. The van der Waals surface area contributed by atoms with Gasteiger partial charge in [-0.1, -0.05) is 25.1 Å². The number of hydrogen-bond donors (Lipinski definition) is 1. The molecule has 0 atom stereocenters. The fourth-order valence-electron chi connectivity index (χ4n) is 4.17. The van der Waals surface area contributed by atoms with E-state index in [4.69, 9.17) is 0 Å². The van der Waals surface area contributed by atoms with E-state index in [1.165, 1.54) is 21.1 Å². The van der Waals surface area contributed by atoms with Crippen molar-refractivity contribution in [2.24, 2.45) is 0 Å². The molecule has 4 rings (SSSR count). The van der Waals surface area contributed by atoms with Crippen LogP contribution in [0.2, 0.25) is 0 Å². The Labute approximate surface area is 179 Å². The van der Waals surface area contributed by atoms with Crippen molar-refractivity contribution in [3.8, 4) is 0 Å². The molecule has 0 saturated carbocycles. The average molecular weight is 428 g/mol. The minimum Gasteiger partial charge on any atom is -0.395 e. The lowest BCUT2D eigenvalue weighted by Gasteiger charge is -2.28. The number of carbonyl (C=O) groups is 3. The number of aryl methyl sites for hydroxylation is 1. The lowest BCUT2D eigenvalue weighted by atomic mass is 9.99. The molecule has 1 aromatic carbocycles. The Morgan fingerprint density at radius 1 is 1.20 bits per heavy atom. The van der Waals surface area contributed by atoms with Gasteiger partial charge in [0.15, 0.2) is 0 Å². The first-order valence-electron chi connectivity index (χ1n) is 10.1. The highest BCUT2D eigenvalue weighted by molar-refractivity contribution is 7.17. The maximum Gasteiger partial charge on any atom is 0.257 e. The van der Waals surface area contributed by atoms with Gasteiger partial charge in [0.05, 0.1) is 18.7 Å². The lowest BCUT2D eigenvalue weighted by molar-refractivity contribution is -0.119. The summed E-state index contributed by atoms with van der Waals surface area (Å²) < 4.78 is 0. The van der Waals surface area contributed by atoms with Gasteiger partial charge in [-0.25, -0.2) is 0 Å². The van der Waals surface area contributed by atoms with E-state index in [0.717, 1.165) is 28.0 Å². The van der Waals surface area contributed by atoms with E-state index in [2.05, 4.69) is 0 Å². The van der Waals surface area contributed by atoms with Crippen LogP contribution in [-0.4, -0.2) is 65.9 Å². The van der Waals surface area contributed by atoms with Crippen molar-refractivity contribution < 1.29 is 19.5 Å². The summed E-state index contributed by atoms with van der Waals surface area (Å²) in [5, 5.41) is 10.0. The van der Waals surface area contributed by atoms with E-state index in [0.29, 0.717) is 30.1 Å². The number of thiophene rings is 1. The molecule has 0 bridgehead atoms. The predicted octanol–water partition coefficient (Wildman–Crippen LogP) is 1.92. The molecule has 7 nitrogen and oxygen atoms in total. The maximum absolute atomic E-state index is 13.2. The highest BCUT2D eigenvalue weighted by Gasteiger charge is 2.37. The molecule has 158 valence electrons. The van der Waals surface area contributed by atoms with Gasteiger partial charge in [-0.3, -0.25) is 19.3 Å². The molecule has 0 spiro atoms. The summed E-state index contributed by atoms with van der Waals surface area (Å²) in [4.78, 5) is 44.5. The number of β-amino-alcohol motifs (C(OH)–C–C–N with tert-alkyl or cyclic N) is 1. The van der Waals surface area contributed by atoms with Crippen molar-refractivity contribution in [1.82, 2.24) is 9.80 Å². The summed E-state index contributed by atoms with van der Waals surface area (Å²) in [6, 6.07) is 7.65. The second kappa shape index (κ2) is 8.20. The SMILES string of the molecule is CCc1ccccc1C(=O)N1CCc2c(sc3c2C(=O)N(C)CC(=O)N3CCO)C1. The molecule has 2 aromatic rings. The van der Waals surface area contributed by atoms with Crippen molar-refractivity contribution in [3.63, 3.8) is 0 Å². The van der Waals surface area contributed by atoms with E-state index in [9.17, 15) is 19.5 Å². The highest BCUT2D eigenvalue weighted by atomic mass is 32.1. The van der Waals surface area contributed by atoms with Gasteiger partial charge in [0, 0.05) is 30.6 Å². The standard InChI is InChI=1S/C22H25N3O4S/c1-3-14-6-4-5-7-15(14)20(28)24-9-8-16-17(12-24)30-22-19(16)21(29)23(2)13-18(27)25(22)10-11-26/h4-7,26H,3,8-13H2,1-2H3. The monoisotopic (exact) mass is 427 g/mol. The summed E-state index contributed by atoms with van der Waals surface area (Å²) in [6.45, 7) is 2.95. The minimum absolute atomic E-state index is 0.00608. The third kappa shape index (κ3) is 3.40. The quantitative estimate of drug-likeness (QED) is 0.808. The van der Waals surface area contributed by atoms with Gasteiger partial charge >= 0.3 is 0 Å². The van der Waals surface area contributed by atoms with Gasteiger partial charge in [-0.15, -0.1) is 11.3 Å². The third-order valence-electron chi connectivity index (χ3n) is 5.76. The van der Waals surface area contributed by atoms with Crippen molar-refractivity contribution in [2.45, 2.75) is 26.3 Å². The Kier molecular flexibility index (Phi) is 5.62. The first kappa shape index (κ1) is 20.6. The second-order valence-electron chi connectivity index (χ2n) is 7.60. The number of hydrogen-bond acceptors (Lipinski definition) is 5. The highest BCUT2D eigenvalue weighted by Crippen LogP contribution is 2.41. The van der Waals surface area contributed by atoms with E-state index in [1.807, 2.05) is 36.1 Å². The Morgan fingerprint density at radius 2 is 1.97 bits per heavy atom. The number of aliphatic hydroxyl groups is 1. The first-order chi connectivity index (χ1) is 14.5. The van der Waals surface area contributed by atoms with E-state index in [1.54, 1.807) is 7.05 Å². The van der Waals surface area contributed by atoms with Crippen LogP contribution >= 0.6 is 11.3 Å². The molecule has 2 aliphatic heterocycles. The van der Waals surface area contributed by atoms with Crippen LogP contribution in [0.15, 0.2) is 24.3 Å². The van der Waals surface area contributed by atoms with Crippen LogP contribution < -0.4 is 4.90 Å². The van der Waals surface area contributed by atoms with Crippen LogP contribution in [0, 0.1) is 0 Å². The first-order valence-corrected chi connectivity index (χ1v) is 11.0. The summed E-state index contributed by atoms with van der Waals surface area (Å²) in [5.41, 5.74) is 3.22. The van der Waals surface area contributed by atoms with E-state index >= 15 is 0 Å². The van der Waals surface area contributed by atoms with Crippen molar-refractivity contribution >= 4 is 34.1 Å². The molecule has 2 aliphatic rings. The molecular weight excluding hydrogens is 402 g/mol. The number of amides is 3. The number of likely N-dealkylation sites (N-methyl/N-ethyl adjacent to an activating group) is 1. The molecule has 1 aromatic heterocycles. The van der Waals surface area contributed by atoms with Crippen LogP contribution in [0.5, 0.6) is 0 Å². The van der Waals surface area contributed by atoms with Gasteiger partial charge in [0.1, 0.15) is 11.5 Å². The summed E-state index contributed by atoms with van der Waals surface area (Å²) in [5.74, 6) is -0.386. The van der Waals surface area contributed by atoms with Crippen LogP contribution in [-0.2, 0) is 24.2 Å². The number of carbonyl (C=O) groups excluding carboxylic acids is 3. The zero-order valence-electron chi connectivity index (χ0n) is 17.2. The molecule has 3 heterocycles. The number of nitrogens with zero attached hydrogens (tertiary/aromatic N) is 3. The third-order valence-corrected chi connectivity index (χ3v) is 7.00. The van der Waals surface area contributed by atoms with Crippen molar-refractivity contribution in [2.75, 3.05) is 38.2 Å². The Bertz CT molecular complexity index is 1020. The van der Waals surface area contributed by atoms with Crippen LogP contribution in [0.3, 0.4) is 0 Å². The molecule has 1 N–H and O–H groups in total. The molecule has 30 heavy (non-hydrogen) atoms. The van der Waals surface area contributed by atoms with Crippen molar-refractivity contribution in [3.05, 3.63) is 51.4 Å². The number of rotatable bonds is 4. The number of anilines is 1. The summed E-state index contributed by atoms with van der Waals surface area (Å²) >= 11 is 1.39. The summed E-state index contributed by atoms with van der Waals surface area (Å²) in [7, 11) is 1.62. The fourth-order valence-corrected chi connectivity index (χ4v) is 5.57. The van der Waals surface area contributed by atoms with Crippen LogP contribution in [0.4, 0.5) is 5.00 Å². The molecule has 8 heteroatoms. The normalized spacial score (nSPS) is 16.4. The second-order valence-corrected chi connectivity index (χ2v) is 8.69. The van der Waals surface area contributed by atoms with Gasteiger partial charge in [-0.05, 0) is 30.0 Å². The van der Waals surface area contributed by atoms with Crippen LogP contribution in [0.1, 0.15) is 43.6 Å². The molecule has 0 radical (unpaired) electrons. The predicted molar refractivity (Wildman–Crippen MR) is 115 cm³/mol. The zero-order chi connectivity index (χ0) is 21.4. The van der Waals surface area contributed by atoms with Gasteiger partial charge in [0.25, 0.3) is 11.8 Å². The van der Waals surface area contributed by atoms with Crippen molar-refractivity contribution in [1.29, 1.82) is 0 Å². The van der Waals surface area contributed by atoms with E-state index < -0.39 is 0 Å². The summed E-state index contributed by atoms with van der Waals surface area (Å²) in [6.07, 6.45) is 1.36. The van der Waals surface area contributed by atoms with Gasteiger partial charge < -0.3 is 14.9 Å². The minimum atomic E-state index is -0.206. The smallest absolute Gasteiger partial charge is 0.257 e.